The number of esters is 1. The lowest BCUT2D eigenvalue weighted by atomic mass is 10.1. The molecule has 1 saturated heterocycles. The summed E-state index contributed by atoms with van der Waals surface area (Å²) < 4.78 is 5.84. The van der Waals surface area contributed by atoms with Gasteiger partial charge in [0.2, 0.25) is 0 Å². The SMILES string of the molecule is Cc1ccc(C(=O)OC(CN2CCCC2)c2ccccc2)cc1.Cl. The zero-order chi connectivity index (χ0) is 16.1. The molecule has 1 fully saturated rings. The second kappa shape index (κ2) is 8.86. The highest BCUT2D eigenvalue weighted by Crippen LogP contribution is 2.22. The summed E-state index contributed by atoms with van der Waals surface area (Å²) in [5.74, 6) is -0.252. The van der Waals surface area contributed by atoms with E-state index in [1.165, 1.54) is 12.8 Å². The molecular weight excluding hydrogens is 322 g/mol. The van der Waals surface area contributed by atoms with Gasteiger partial charge in [-0.1, -0.05) is 48.0 Å². The molecule has 0 aromatic heterocycles. The van der Waals surface area contributed by atoms with Gasteiger partial charge >= 0.3 is 5.97 Å². The second-order valence-corrected chi connectivity index (χ2v) is 6.18. The van der Waals surface area contributed by atoms with E-state index in [2.05, 4.69) is 4.90 Å². The summed E-state index contributed by atoms with van der Waals surface area (Å²) in [7, 11) is 0. The molecule has 0 aliphatic carbocycles. The normalized spacial score (nSPS) is 15.5. The van der Waals surface area contributed by atoms with Gasteiger partial charge in [-0.2, -0.15) is 0 Å². The van der Waals surface area contributed by atoms with Crippen LogP contribution in [-0.2, 0) is 4.74 Å². The summed E-state index contributed by atoms with van der Waals surface area (Å²) in [6, 6.07) is 17.6. The molecule has 1 unspecified atom stereocenters. The summed E-state index contributed by atoms with van der Waals surface area (Å²) in [4.78, 5) is 14.8. The Morgan fingerprint density at radius 3 is 2.29 bits per heavy atom. The molecule has 3 rings (SSSR count). The maximum atomic E-state index is 12.5. The Kier molecular flexibility index (Phi) is 6.83. The minimum atomic E-state index is -0.252. The van der Waals surface area contributed by atoms with Crippen molar-refractivity contribution in [1.29, 1.82) is 0 Å². The number of rotatable bonds is 5. The zero-order valence-corrected chi connectivity index (χ0v) is 14.8. The fraction of sp³-hybridized carbons (Fsp3) is 0.350. The predicted octanol–water partition coefficient (Wildman–Crippen LogP) is 4.41. The number of hydrogen-bond donors (Lipinski definition) is 0. The van der Waals surface area contributed by atoms with Crippen molar-refractivity contribution in [2.75, 3.05) is 19.6 Å². The van der Waals surface area contributed by atoms with E-state index in [-0.39, 0.29) is 24.5 Å². The number of aryl methyl sites for hydroxylation is 1. The molecule has 2 aromatic carbocycles. The molecule has 0 amide bonds. The van der Waals surface area contributed by atoms with E-state index < -0.39 is 0 Å². The van der Waals surface area contributed by atoms with Crippen LogP contribution in [0, 0.1) is 6.92 Å². The van der Waals surface area contributed by atoms with Crippen LogP contribution in [0.15, 0.2) is 54.6 Å². The predicted molar refractivity (Wildman–Crippen MR) is 98.7 cm³/mol. The monoisotopic (exact) mass is 345 g/mol. The molecule has 2 aromatic rings. The Balaban J connectivity index is 0.00000208. The van der Waals surface area contributed by atoms with Crippen LogP contribution in [0.4, 0.5) is 0 Å². The average Bonchev–Trinajstić information content (AvgIpc) is 3.09. The minimum absolute atomic E-state index is 0. The van der Waals surface area contributed by atoms with E-state index in [0.717, 1.165) is 30.8 Å². The highest BCUT2D eigenvalue weighted by molar-refractivity contribution is 5.89. The van der Waals surface area contributed by atoms with Crippen LogP contribution in [-0.4, -0.2) is 30.5 Å². The third-order valence-electron chi connectivity index (χ3n) is 4.33. The van der Waals surface area contributed by atoms with Gasteiger partial charge in [-0.25, -0.2) is 4.79 Å². The largest absolute Gasteiger partial charge is 0.453 e. The van der Waals surface area contributed by atoms with Crippen molar-refractivity contribution in [2.45, 2.75) is 25.9 Å². The van der Waals surface area contributed by atoms with Gasteiger partial charge in [0.25, 0.3) is 0 Å². The van der Waals surface area contributed by atoms with Gasteiger partial charge in [0.05, 0.1) is 5.56 Å². The maximum absolute atomic E-state index is 12.5. The molecule has 1 aliphatic heterocycles. The Bertz CT molecular complexity index is 636. The number of benzene rings is 2. The molecule has 0 bridgehead atoms. The number of likely N-dealkylation sites (tertiary alicyclic amines) is 1. The smallest absolute Gasteiger partial charge is 0.338 e. The number of nitrogens with zero attached hydrogens (tertiary/aromatic N) is 1. The van der Waals surface area contributed by atoms with Crippen LogP contribution in [0.1, 0.15) is 40.4 Å². The molecule has 0 N–H and O–H groups in total. The summed E-state index contributed by atoms with van der Waals surface area (Å²) in [6.07, 6.45) is 2.24. The van der Waals surface area contributed by atoms with Crippen LogP contribution in [0.25, 0.3) is 0 Å². The maximum Gasteiger partial charge on any atom is 0.338 e. The minimum Gasteiger partial charge on any atom is -0.453 e. The fourth-order valence-corrected chi connectivity index (χ4v) is 2.97. The number of hydrogen-bond acceptors (Lipinski definition) is 3. The third-order valence-corrected chi connectivity index (χ3v) is 4.33. The van der Waals surface area contributed by atoms with E-state index in [1.807, 2.05) is 61.5 Å². The van der Waals surface area contributed by atoms with Crippen LogP contribution in [0.3, 0.4) is 0 Å². The van der Waals surface area contributed by atoms with E-state index in [1.54, 1.807) is 0 Å². The van der Waals surface area contributed by atoms with Crippen molar-refractivity contribution < 1.29 is 9.53 Å². The Hall–Kier alpha value is -1.84. The van der Waals surface area contributed by atoms with Crippen LogP contribution in [0.5, 0.6) is 0 Å². The zero-order valence-electron chi connectivity index (χ0n) is 14.0. The van der Waals surface area contributed by atoms with E-state index in [4.69, 9.17) is 4.74 Å². The van der Waals surface area contributed by atoms with E-state index >= 15 is 0 Å². The summed E-state index contributed by atoms with van der Waals surface area (Å²) in [5, 5.41) is 0. The van der Waals surface area contributed by atoms with Crippen LogP contribution >= 0.6 is 12.4 Å². The lowest BCUT2D eigenvalue weighted by Gasteiger charge is -2.24. The molecular formula is C20H24ClNO2. The van der Waals surface area contributed by atoms with Crippen molar-refractivity contribution in [3.8, 4) is 0 Å². The van der Waals surface area contributed by atoms with Crippen molar-refractivity contribution >= 4 is 18.4 Å². The Morgan fingerprint density at radius 2 is 1.67 bits per heavy atom. The highest BCUT2D eigenvalue weighted by atomic mass is 35.5. The van der Waals surface area contributed by atoms with Crippen molar-refractivity contribution in [3.63, 3.8) is 0 Å². The average molecular weight is 346 g/mol. The Labute approximate surface area is 150 Å². The molecule has 4 heteroatoms. The molecule has 0 spiro atoms. The van der Waals surface area contributed by atoms with Gasteiger partial charge in [-0.3, -0.25) is 4.90 Å². The summed E-state index contributed by atoms with van der Waals surface area (Å²) in [5.41, 5.74) is 2.80. The fourth-order valence-electron chi connectivity index (χ4n) is 2.97. The first-order chi connectivity index (χ1) is 11.2. The van der Waals surface area contributed by atoms with Gasteiger partial charge in [0, 0.05) is 6.54 Å². The quantitative estimate of drug-likeness (QED) is 0.752. The van der Waals surface area contributed by atoms with Gasteiger partial charge in [0.15, 0.2) is 0 Å². The van der Waals surface area contributed by atoms with Crippen LogP contribution in [0.2, 0.25) is 0 Å². The van der Waals surface area contributed by atoms with Crippen molar-refractivity contribution in [2.24, 2.45) is 0 Å². The number of carbonyl (C=O) groups excluding carboxylic acids is 1. The van der Waals surface area contributed by atoms with Crippen molar-refractivity contribution in [1.82, 2.24) is 4.90 Å². The lowest BCUT2D eigenvalue weighted by Crippen LogP contribution is -2.28. The highest BCUT2D eigenvalue weighted by Gasteiger charge is 2.22. The van der Waals surface area contributed by atoms with Crippen molar-refractivity contribution in [3.05, 3.63) is 71.3 Å². The summed E-state index contributed by atoms with van der Waals surface area (Å²) >= 11 is 0. The van der Waals surface area contributed by atoms with Gasteiger partial charge in [-0.15, -0.1) is 12.4 Å². The molecule has 1 atom stereocenters. The molecule has 24 heavy (non-hydrogen) atoms. The third kappa shape index (κ3) is 4.83. The molecule has 1 heterocycles. The topological polar surface area (TPSA) is 29.5 Å². The summed E-state index contributed by atoms with van der Waals surface area (Å²) in [6.45, 7) is 4.95. The molecule has 0 radical (unpaired) electrons. The van der Waals surface area contributed by atoms with E-state index in [9.17, 15) is 4.79 Å². The molecule has 0 saturated carbocycles. The first kappa shape index (κ1) is 18.5. The molecule has 128 valence electrons. The standard InChI is InChI=1S/C20H23NO2.ClH/c1-16-9-11-18(12-10-16)20(22)23-19(15-21-13-5-6-14-21)17-7-3-2-4-8-17;/h2-4,7-12,19H,5-6,13-15H2,1H3;1H. The first-order valence-corrected chi connectivity index (χ1v) is 8.27. The van der Waals surface area contributed by atoms with Gasteiger partial charge < -0.3 is 4.74 Å². The number of halogens is 1. The Morgan fingerprint density at radius 1 is 1.04 bits per heavy atom. The molecule has 3 nitrogen and oxygen atoms in total. The van der Waals surface area contributed by atoms with Gasteiger partial charge in [0.1, 0.15) is 6.10 Å². The second-order valence-electron chi connectivity index (χ2n) is 6.18. The number of carbonyl (C=O) groups is 1. The van der Waals surface area contributed by atoms with Crippen LogP contribution < -0.4 is 0 Å². The first-order valence-electron chi connectivity index (χ1n) is 8.27. The van der Waals surface area contributed by atoms with Gasteiger partial charge in [-0.05, 0) is 50.6 Å². The lowest BCUT2D eigenvalue weighted by molar-refractivity contribution is 0.0216. The van der Waals surface area contributed by atoms with E-state index in [0.29, 0.717) is 5.56 Å². The number of ether oxygens (including phenoxy) is 1. The molecule has 1 aliphatic rings.